The Hall–Kier alpha value is -7.54. The standard InChI is InChI=1S/C58H38/c1-3-13-39(14-4-1)41-25-29-43(30-26-41)47-33-35-53-55(37-47)57(51-23-11-19-45-17-7-9-21-49(45)51)54-36-34-48(44-31-27-42(28-32-44)40-15-5-2-6-16-40)38-56(54)58(53)52-24-12-20-46-18-8-10-22-50(46)52/h1-38H. The van der Waals surface area contributed by atoms with Gasteiger partial charge in [-0.1, -0.05) is 218 Å². The van der Waals surface area contributed by atoms with E-state index in [4.69, 9.17) is 0 Å². The van der Waals surface area contributed by atoms with Crippen LogP contribution in [0.15, 0.2) is 231 Å². The highest BCUT2D eigenvalue weighted by Crippen LogP contribution is 2.48. The SMILES string of the molecule is c1ccc(-c2ccc(-c3ccc4c(-c5cccc6ccccc56)c5cc(-c6ccc(-c7ccccc7)cc6)ccc5c(-c5cccc6ccccc56)c4c3)cc2)cc1. The Bertz CT molecular complexity index is 3050. The van der Waals surface area contributed by atoms with Gasteiger partial charge in [0.25, 0.3) is 0 Å². The maximum atomic E-state index is 2.44. The van der Waals surface area contributed by atoms with Crippen LogP contribution >= 0.6 is 0 Å². The topological polar surface area (TPSA) is 0 Å². The summed E-state index contributed by atoms with van der Waals surface area (Å²) in [6.45, 7) is 0. The Kier molecular flexibility index (Phi) is 8.26. The monoisotopic (exact) mass is 734 g/mol. The number of hydrogen-bond donors (Lipinski definition) is 0. The summed E-state index contributed by atoms with van der Waals surface area (Å²) in [6.07, 6.45) is 0. The summed E-state index contributed by atoms with van der Waals surface area (Å²) in [6, 6.07) is 84.7. The molecule has 0 fully saturated rings. The summed E-state index contributed by atoms with van der Waals surface area (Å²) in [7, 11) is 0. The second-order valence-corrected chi connectivity index (χ2v) is 15.2. The van der Waals surface area contributed by atoms with Crippen LogP contribution in [-0.4, -0.2) is 0 Å². The average molecular weight is 735 g/mol. The van der Waals surface area contributed by atoms with Gasteiger partial charge in [0.15, 0.2) is 0 Å². The van der Waals surface area contributed by atoms with Gasteiger partial charge in [-0.3, -0.25) is 0 Å². The molecule has 0 heterocycles. The molecule has 0 radical (unpaired) electrons. The van der Waals surface area contributed by atoms with Gasteiger partial charge in [0.1, 0.15) is 0 Å². The predicted octanol–water partition coefficient (Wildman–Crippen LogP) is 16.3. The van der Waals surface area contributed by atoms with E-state index in [1.807, 2.05) is 0 Å². The van der Waals surface area contributed by atoms with Gasteiger partial charge in [-0.05, 0) is 122 Å². The third-order valence-corrected chi connectivity index (χ3v) is 11.9. The van der Waals surface area contributed by atoms with E-state index in [1.54, 1.807) is 0 Å². The Morgan fingerprint density at radius 1 is 0.172 bits per heavy atom. The lowest BCUT2D eigenvalue weighted by molar-refractivity contribution is 1.59. The summed E-state index contributed by atoms with van der Waals surface area (Å²) in [4.78, 5) is 0. The van der Waals surface area contributed by atoms with Gasteiger partial charge in [0.05, 0.1) is 0 Å². The van der Waals surface area contributed by atoms with E-state index in [-0.39, 0.29) is 0 Å². The molecule has 0 aliphatic rings. The molecule has 0 saturated carbocycles. The van der Waals surface area contributed by atoms with E-state index in [0.717, 1.165) is 0 Å². The first-order valence-corrected chi connectivity index (χ1v) is 20.1. The molecule has 0 spiro atoms. The Balaban J connectivity index is 1.21. The summed E-state index contributed by atoms with van der Waals surface area (Å²) < 4.78 is 0. The molecule has 0 nitrogen and oxygen atoms in total. The first kappa shape index (κ1) is 33.8. The summed E-state index contributed by atoms with van der Waals surface area (Å²) in [5.41, 5.74) is 14.7. The van der Waals surface area contributed by atoms with Crippen LogP contribution in [0.5, 0.6) is 0 Å². The quantitative estimate of drug-likeness (QED) is 0.149. The van der Waals surface area contributed by atoms with Crippen molar-refractivity contribution in [2.75, 3.05) is 0 Å². The van der Waals surface area contributed by atoms with E-state index in [2.05, 4.69) is 231 Å². The fraction of sp³-hybridized carbons (Fsp3) is 0. The molecule has 0 aliphatic carbocycles. The van der Waals surface area contributed by atoms with Crippen molar-refractivity contribution >= 4 is 43.1 Å². The van der Waals surface area contributed by atoms with E-state index in [1.165, 1.54) is 110 Å². The third kappa shape index (κ3) is 5.86. The van der Waals surface area contributed by atoms with E-state index in [9.17, 15) is 0 Å². The lowest BCUT2D eigenvalue weighted by atomic mass is 9.82. The predicted molar refractivity (Wildman–Crippen MR) is 249 cm³/mol. The molecule has 58 heavy (non-hydrogen) atoms. The molecule has 0 bridgehead atoms. The smallest absolute Gasteiger partial charge is 0.00199 e. The van der Waals surface area contributed by atoms with Crippen molar-refractivity contribution in [2.45, 2.75) is 0 Å². The lowest BCUT2D eigenvalue weighted by Gasteiger charge is -2.21. The molecule has 11 aromatic rings. The van der Waals surface area contributed by atoms with Crippen molar-refractivity contribution in [3.05, 3.63) is 231 Å². The van der Waals surface area contributed by atoms with Crippen LogP contribution in [-0.2, 0) is 0 Å². The first-order valence-electron chi connectivity index (χ1n) is 20.1. The molecule has 270 valence electrons. The van der Waals surface area contributed by atoms with Crippen LogP contribution in [0.1, 0.15) is 0 Å². The van der Waals surface area contributed by atoms with Gasteiger partial charge in [-0.15, -0.1) is 0 Å². The zero-order chi connectivity index (χ0) is 38.4. The van der Waals surface area contributed by atoms with Crippen LogP contribution < -0.4 is 0 Å². The van der Waals surface area contributed by atoms with Crippen molar-refractivity contribution < 1.29 is 0 Å². The van der Waals surface area contributed by atoms with Crippen LogP contribution in [0.4, 0.5) is 0 Å². The van der Waals surface area contributed by atoms with Gasteiger partial charge < -0.3 is 0 Å². The minimum atomic E-state index is 1.20. The molecule has 0 aliphatic heterocycles. The van der Waals surface area contributed by atoms with Crippen molar-refractivity contribution in [2.24, 2.45) is 0 Å². The molecule has 0 N–H and O–H groups in total. The Morgan fingerprint density at radius 3 is 0.897 bits per heavy atom. The number of fused-ring (bicyclic) bond motifs is 4. The third-order valence-electron chi connectivity index (χ3n) is 11.9. The fourth-order valence-electron chi connectivity index (χ4n) is 9.03. The van der Waals surface area contributed by atoms with Crippen LogP contribution in [0.2, 0.25) is 0 Å². The van der Waals surface area contributed by atoms with Gasteiger partial charge in [0.2, 0.25) is 0 Å². The van der Waals surface area contributed by atoms with Gasteiger partial charge in [0, 0.05) is 0 Å². The van der Waals surface area contributed by atoms with Crippen molar-refractivity contribution in [3.8, 4) is 66.8 Å². The van der Waals surface area contributed by atoms with Gasteiger partial charge in [-0.25, -0.2) is 0 Å². The minimum absolute atomic E-state index is 1.20. The normalized spacial score (nSPS) is 11.4. The largest absolute Gasteiger partial charge is 0.0622 e. The maximum absolute atomic E-state index is 2.44. The fourth-order valence-corrected chi connectivity index (χ4v) is 9.03. The highest BCUT2D eigenvalue weighted by atomic mass is 14.2. The minimum Gasteiger partial charge on any atom is -0.0622 e. The second kappa shape index (κ2) is 14.2. The number of benzene rings is 11. The molecular formula is C58H38. The number of rotatable bonds is 6. The van der Waals surface area contributed by atoms with Crippen LogP contribution in [0, 0.1) is 0 Å². The molecule has 0 saturated heterocycles. The molecule has 11 aromatic carbocycles. The van der Waals surface area contributed by atoms with Gasteiger partial charge >= 0.3 is 0 Å². The van der Waals surface area contributed by atoms with E-state index < -0.39 is 0 Å². The molecule has 0 unspecified atom stereocenters. The van der Waals surface area contributed by atoms with Crippen molar-refractivity contribution in [1.82, 2.24) is 0 Å². The molecular weight excluding hydrogens is 697 g/mol. The maximum Gasteiger partial charge on any atom is -0.00199 e. The zero-order valence-electron chi connectivity index (χ0n) is 31.9. The molecule has 0 heteroatoms. The molecule has 0 aromatic heterocycles. The van der Waals surface area contributed by atoms with Crippen molar-refractivity contribution in [1.29, 1.82) is 0 Å². The van der Waals surface area contributed by atoms with E-state index in [0.29, 0.717) is 0 Å². The highest BCUT2D eigenvalue weighted by molar-refractivity contribution is 6.26. The molecule has 11 rings (SSSR count). The summed E-state index contributed by atoms with van der Waals surface area (Å²) >= 11 is 0. The first-order chi connectivity index (χ1) is 28.8. The van der Waals surface area contributed by atoms with Gasteiger partial charge in [-0.2, -0.15) is 0 Å². The van der Waals surface area contributed by atoms with Crippen LogP contribution in [0.25, 0.3) is 110 Å². The zero-order valence-corrected chi connectivity index (χ0v) is 31.9. The second-order valence-electron chi connectivity index (χ2n) is 15.2. The van der Waals surface area contributed by atoms with Crippen molar-refractivity contribution in [3.63, 3.8) is 0 Å². The molecule has 0 atom stereocenters. The number of hydrogen-bond acceptors (Lipinski definition) is 0. The summed E-state index contributed by atoms with van der Waals surface area (Å²) in [5.74, 6) is 0. The Labute approximate surface area is 339 Å². The van der Waals surface area contributed by atoms with E-state index >= 15 is 0 Å². The molecule has 0 amide bonds. The average Bonchev–Trinajstić information content (AvgIpc) is 3.31. The Morgan fingerprint density at radius 2 is 0.483 bits per heavy atom. The summed E-state index contributed by atoms with van der Waals surface area (Å²) in [5, 5.41) is 9.96. The highest BCUT2D eigenvalue weighted by Gasteiger charge is 2.21. The lowest BCUT2D eigenvalue weighted by Crippen LogP contribution is -1.94. The van der Waals surface area contributed by atoms with Crippen LogP contribution in [0.3, 0.4) is 0 Å².